The van der Waals surface area contributed by atoms with Crippen LogP contribution in [0, 0.1) is 16.7 Å². The zero-order valence-corrected chi connectivity index (χ0v) is 18.9. The lowest BCUT2D eigenvalue weighted by atomic mass is 9.68. The van der Waals surface area contributed by atoms with Gasteiger partial charge in [0.2, 0.25) is 11.8 Å². The summed E-state index contributed by atoms with van der Waals surface area (Å²) in [5.41, 5.74) is -0.563. The molecule has 3 aliphatic rings. The first-order valence-corrected chi connectivity index (χ1v) is 11.2. The number of carboxylic acid groups (broad SMARTS) is 1. The van der Waals surface area contributed by atoms with Gasteiger partial charge in [0.15, 0.2) is 0 Å². The third kappa shape index (κ3) is 4.50. The van der Waals surface area contributed by atoms with Gasteiger partial charge in [0.1, 0.15) is 12.1 Å². The van der Waals surface area contributed by atoms with Gasteiger partial charge in [-0.1, -0.05) is 33.6 Å². The fraction of sp³-hybridized carbons (Fsp3) is 0.818. The maximum atomic E-state index is 13.3. The Morgan fingerprint density at radius 1 is 1.29 bits per heavy atom. The summed E-state index contributed by atoms with van der Waals surface area (Å²) >= 11 is 0. The van der Waals surface area contributed by atoms with E-state index in [1.807, 2.05) is 20.8 Å². The van der Waals surface area contributed by atoms with Gasteiger partial charge in [-0.15, -0.1) is 0 Å². The molecule has 0 aromatic carbocycles. The van der Waals surface area contributed by atoms with Crippen LogP contribution in [0.25, 0.3) is 0 Å². The molecule has 0 aromatic heterocycles. The third-order valence-corrected chi connectivity index (χ3v) is 7.22. The van der Waals surface area contributed by atoms with Gasteiger partial charge in [0, 0.05) is 18.5 Å². The van der Waals surface area contributed by atoms with Crippen molar-refractivity contribution in [1.29, 1.82) is 0 Å². The lowest BCUT2D eigenvalue weighted by Gasteiger charge is -2.43. The van der Waals surface area contributed by atoms with Crippen LogP contribution >= 0.6 is 0 Å². The SMILES string of the molecule is COC(=O)[C@H](C[C@@H]1CCNC1=O)NC(=O)C1CC2(CCCC2)C(C(C)(C)C)N1C(=O)O. The predicted octanol–water partition coefficient (Wildman–Crippen LogP) is 1.90. The van der Waals surface area contributed by atoms with Crippen LogP contribution in [0.1, 0.15) is 65.7 Å². The number of ether oxygens (including phenoxy) is 1. The second kappa shape index (κ2) is 8.67. The summed E-state index contributed by atoms with van der Waals surface area (Å²) in [6, 6.07) is -2.15. The zero-order valence-electron chi connectivity index (χ0n) is 18.9. The molecule has 2 heterocycles. The fourth-order valence-corrected chi connectivity index (χ4v) is 6.20. The van der Waals surface area contributed by atoms with Crippen molar-refractivity contribution in [2.24, 2.45) is 16.7 Å². The van der Waals surface area contributed by atoms with Gasteiger partial charge in [-0.2, -0.15) is 0 Å². The molecule has 2 unspecified atom stereocenters. The number of nitrogens with one attached hydrogen (secondary N) is 2. The highest BCUT2D eigenvalue weighted by Crippen LogP contribution is 2.56. The zero-order chi connectivity index (χ0) is 23.0. The smallest absolute Gasteiger partial charge is 0.408 e. The predicted molar refractivity (Wildman–Crippen MR) is 112 cm³/mol. The summed E-state index contributed by atoms with van der Waals surface area (Å²) < 4.78 is 4.85. The van der Waals surface area contributed by atoms with E-state index >= 15 is 0 Å². The van der Waals surface area contributed by atoms with E-state index in [0.717, 1.165) is 25.7 Å². The van der Waals surface area contributed by atoms with E-state index in [1.165, 1.54) is 12.0 Å². The highest BCUT2D eigenvalue weighted by Gasteiger charge is 2.60. The molecule has 2 saturated heterocycles. The minimum atomic E-state index is -1.12. The third-order valence-electron chi connectivity index (χ3n) is 7.22. The molecule has 2 aliphatic heterocycles. The molecule has 3 N–H and O–H groups in total. The average molecular weight is 438 g/mol. The Hall–Kier alpha value is -2.32. The molecule has 31 heavy (non-hydrogen) atoms. The van der Waals surface area contributed by atoms with Crippen molar-refractivity contribution in [3.05, 3.63) is 0 Å². The molecule has 0 aromatic rings. The molecule has 174 valence electrons. The molecule has 9 nitrogen and oxygen atoms in total. The number of carbonyl (C=O) groups excluding carboxylic acids is 3. The number of amides is 3. The van der Waals surface area contributed by atoms with Crippen LogP contribution in [0.3, 0.4) is 0 Å². The maximum Gasteiger partial charge on any atom is 0.408 e. The second-order valence-corrected chi connectivity index (χ2v) is 10.3. The molecular weight excluding hydrogens is 402 g/mol. The fourth-order valence-electron chi connectivity index (χ4n) is 6.20. The lowest BCUT2D eigenvalue weighted by molar-refractivity contribution is -0.146. The van der Waals surface area contributed by atoms with E-state index < -0.39 is 30.1 Å². The molecule has 3 amide bonds. The van der Waals surface area contributed by atoms with Crippen LogP contribution in [0.2, 0.25) is 0 Å². The number of hydrogen-bond acceptors (Lipinski definition) is 5. The molecule has 3 fully saturated rings. The first-order chi connectivity index (χ1) is 14.5. The normalized spacial score (nSPS) is 28.5. The summed E-state index contributed by atoms with van der Waals surface area (Å²) in [6.07, 6.45) is 3.89. The van der Waals surface area contributed by atoms with Gasteiger partial charge in [0.05, 0.1) is 7.11 Å². The Labute approximate surface area is 183 Å². The molecule has 9 heteroatoms. The van der Waals surface area contributed by atoms with Crippen LogP contribution in [0.4, 0.5) is 4.79 Å². The molecule has 0 radical (unpaired) electrons. The minimum absolute atomic E-state index is 0.137. The molecule has 1 spiro atoms. The van der Waals surface area contributed by atoms with Crippen molar-refractivity contribution in [3.8, 4) is 0 Å². The van der Waals surface area contributed by atoms with Crippen LogP contribution < -0.4 is 10.6 Å². The Morgan fingerprint density at radius 3 is 2.42 bits per heavy atom. The van der Waals surface area contributed by atoms with Crippen molar-refractivity contribution in [3.63, 3.8) is 0 Å². The van der Waals surface area contributed by atoms with Gasteiger partial charge in [-0.3, -0.25) is 14.5 Å². The number of esters is 1. The Balaban J connectivity index is 1.84. The molecular formula is C22H35N3O6. The van der Waals surface area contributed by atoms with Crippen LogP contribution in [0.5, 0.6) is 0 Å². The molecule has 0 bridgehead atoms. The summed E-state index contributed by atoms with van der Waals surface area (Å²) in [4.78, 5) is 51.3. The Kier molecular flexibility index (Phi) is 6.53. The first-order valence-electron chi connectivity index (χ1n) is 11.2. The number of rotatable bonds is 5. The highest BCUT2D eigenvalue weighted by atomic mass is 16.5. The number of carbonyl (C=O) groups is 4. The first kappa shape index (κ1) is 23.3. The summed E-state index contributed by atoms with van der Waals surface area (Å²) in [6.45, 7) is 6.59. The molecule has 3 rings (SSSR count). The number of nitrogens with zero attached hydrogens (tertiary/aromatic N) is 1. The van der Waals surface area contributed by atoms with Crippen molar-refractivity contribution < 1.29 is 29.0 Å². The van der Waals surface area contributed by atoms with E-state index in [-0.39, 0.29) is 35.1 Å². The second-order valence-electron chi connectivity index (χ2n) is 10.3. The van der Waals surface area contributed by atoms with Gasteiger partial charge >= 0.3 is 12.1 Å². The van der Waals surface area contributed by atoms with E-state index in [1.54, 1.807) is 0 Å². The van der Waals surface area contributed by atoms with Crippen molar-refractivity contribution in [2.75, 3.05) is 13.7 Å². The number of methoxy groups -OCH3 is 1. The largest absolute Gasteiger partial charge is 0.467 e. The molecule has 1 saturated carbocycles. The van der Waals surface area contributed by atoms with Crippen molar-refractivity contribution in [1.82, 2.24) is 15.5 Å². The van der Waals surface area contributed by atoms with Gasteiger partial charge in [-0.05, 0) is 42.9 Å². The van der Waals surface area contributed by atoms with Crippen LogP contribution in [-0.2, 0) is 19.1 Å². The van der Waals surface area contributed by atoms with Crippen LogP contribution in [-0.4, -0.2) is 65.7 Å². The minimum Gasteiger partial charge on any atom is -0.467 e. The van der Waals surface area contributed by atoms with E-state index in [2.05, 4.69) is 10.6 Å². The number of hydrogen-bond donors (Lipinski definition) is 3. The topological polar surface area (TPSA) is 125 Å². The molecule has 4 atom stereocenters. The average Bonchev–Trinajstić information content (AvgIpc) is 3.40. The van der Waals surface area contributed by atoms with Crippen molar-refractivity contribution >= 4 is 23.9 Å². The lowest BCUT2D eigenvalue weighted by Crippen LogP contribution is -2.55. The van der Waals surface area contributed by atoms with Gasteiger partial charge in [-0.25, -0.2) is 9.59 Å². The maximum absolute atomic E-state index is 13.3. The highest BCUT2D eigenvalue weighted by molar-refractivity contribution is 5.91. The summed E-state index contributed by atoms with van der Waals surface area (Å²) in [7, 11) is 1.23. The summed E-state index contributed by atoms with van der Waals surface area (Å²) in [5.74, 6) is -1.65. The van der Waals surface area contributed by atoms with E-state index in [4.69, 9.17) is 4.74 Å². The standard InChI is InChI=1S/C22H35N3O6/c1-21(2,3)19-22(8-5-6-9-22)12-15(25(19)20(29)30)17(27)24-14(18(28)31-4)11-13-7-10-23-16(13)26/h13-15,19H,5-12H2,1-4H3,(H,23,26)(H,24,27)(H,29,30)/t13-,14-,15?,19?/m0/s1. The quantitative estimate of drug-likeness (QED) is 0.564. The van der Waals surface area contributed by atoms with Crippen molar-refractivity contribution in [2.45, 2.75) is 83.8 Å². The summed E-state index contributed by atoms with van der Waals surface area (Å²) in [5, 5.41) is 15.5. The van der Waals surface area contributed by atoms with E-state index in [0.29, 0.717) is 19.4 Å². The number of likely N-dealkylation sites (tertiary alicyclic amines) is 1. The Morgan fingerprint density at radius 2 is 1.94 bits per heavy atom. The molecule has 1 aliphatic carbocycles. The monoisotopic (exact) mass is 437 g/mol. The van der Waals surface area contributed by atoms with Gasteiger partial charge in [0.25, 0.3) is 0 Å². The van der Waals surface area contributed by atoms with Gasteiger partial charge < -0.3 is 20.5 Å². The Bertz CT molecular complexity index is 740. The van der Waals surface area contributed by atoms with Crippen LogP contribution in [0.15, 0.2) is 0 Å². The van der Waals surface area contributed by atoms with E-state index in [9.17, 15) is 24.3 Å².